The summed E-state index contributed by atoms with van der Waals surface area (Å²) in [6.45, 7) is 5.91. The van der Waals surface area contributed by atoms with Gasteiger partial charge in [0, 0.05) is 11.2 Å². The van der Waals surface area contributed by atoms with E-state index in [1.807, 2.05) is 51.1 Å². The molecule has 1 aromatic rings. The van der Waals surface area contributed by atoms with E-state index in [-0.39, 0.29) is 17.9 Å². The first-order valence-corrected chi connectivity index (χ1v) is 8.14. The molecule has 0 aliphatic heterocycles. The number of alkyl halides is 1. The molecule has 0 aliphatic rings. The number of carbonyl (C=O) groups excluding carboxylic acids is 1. The predicted octanol–water partition coefficient (Wildman–Crippen LogP) is 3.42. The third-order valence-corrected chi connectivity index (χ3v) is 4.13. The summed E-state index contributed by atoms with van der Waals surface area (Å²) < 4.78 is 5.09. The average Bonchev–Trinajstić information content (AvgIpc) is 2.44. The molecule has 0 aliphatic carbocycles. The molecule has 0 fully saturated rings. The maximum absolute atomic E-state index is 11.9. The van der Waals surface area contributed by atoms with Crippen LogP contribution in [0.1, 0.15) is 26.3 Å². The fourth-order valence-electron chi connectivity index (χ4n) is 2.05. The SMILES string of the molecule is CC(C)(C)C(CBr)[C@H](NC(=O)OCc1ccccc1)C(=O)O. The van der Waals surface area contributed by atoms with Gasteiger partial charge < -0.3 is 15.2 Å². The number of hydrogen-bond donors (Lipinski definition) is 2. The van der Waals surface area contributed by atoms with Gasteiger partial charge in [0.2, 0.25) is 0 Å². The van der Waals surface area contributed by atoms with E-state index in [1.54, 1.807) is 0 Å². The summed E-state index contributed by atoms with van der Waals surface area (Å²) in [5, 5.41) is 12.3. The molecule has 1 aromatic carbocycles. The normalized spacial score (nSPS) is 14.0. The first kappa shape index (κ1) is 18.5. The Bertz CT molecular complexity index is 499. The predicted molar refractivity (Wildman–Crippen MR) is 87.9 cm³/mol. The number of benzene rings is 1. The molecule has 122 valence electrons. The van der Waals surface area contributed by atoms with Crippen LogP contribution in [0.15, 0.2) is 30.3 Å². The van der Waals surface area contributed by atoms with Crippen LogP contribution < -0.4 is 5.32 Å². The highest BCUT2D eigenvalue weighted by atomic mass is 79.9. The standard InChI is InChI=1S/C16H22BrNO4/c1-16(2,3)12(9-17)13(14(19)20)18-15(21)22-10-11-7-5-4-6-8-11/h4-8,12-13H,9-10H2,1-3H3,(H,18,21)(H,19,20)/t12?,13-/m0/s1. The van der Waals surface area contributed by atoms with Gasteiger partial charge >= 0.3 is 12.1 Å². The minimum absolute atomic E-state index is 0.105. The topological polar surface area (TPSA) is 75.6 Å². The van der Waals surface area contributed by atoms with Crippen molar-refractivity contribution in [3.05, 3.63) is 35.9 Å². The molecular weight excluding hydrogens is 350 g/mol. The van der Waals surface area contributed by atoms with Crippen molar-refractivity contribution in [1.29, 1.82) is 0 Å². The van der Waals surface area contributed by atoms with Gasteiger partial charge in [0.15, 0.2) is 0 Å². The summed E-state index contributed by atoms with van der Waals surface area (Å²) in [5.74, 6) is -1.34. The lowest BCUT2D eigenvalue weighted by Gasteiger charge is -2.33. The van der Waals surface area contributed by atoms with Crippen molar-refractivity contribution in [2.45, 2.75) is 33.4 Å². The van der Waals surface area contributed by atoms with Gasteiger partial charge in [-0.2, -0.15) is 0 Å². The Morgan fingerprint density at radius 3 is 2.32 bits per heavy atom. The van der Waals surface area contributed by atoms with E-state index < -0.39 is 18.1 Å². The third kappa shape index (κ3) is 5.67. The van der Waals surface area contributed by atoms with Crippen LogP contribution in [-0.4, -0.2) is 28.5 Å². The Morgan fingerprint density at radius 1 is 1.27 bits per heavy atom. The van der Waals surface area contributed by atoms with Crippen LogP contribution in [0.5, 0.6) is 0 Å². The summed E-state index contributed by atoms with van der Waals surface area (Å²) in [5.41, 5.74) is 0.566. The van der Waals surface area contributed by atoms with Crippen molar-refractivity contribution in [3.63, 3.8) is 0 Å². The molecular formula is C16H22BrNO4. The smallest absolute Gasteiger partial charge is 0.408 e. The second-order valence-electron chi connectivity index (χ2n) is 6.15. The van der Waals surface area contributed by atoms with E-state index >= 15 is 0 Å². The molecule has 6 heteroatoms. The van der Waals surface area contributed by atoms with E-state index in [0.717, 1.165) is 5.56 Å². The zero-order valence-electron chi connectivity index (χ0n) is 13.0. The summed E-state index contributed by atoms with van der Waals surface area (Å²) in [7, 11) is 0. The number of ether oxygens (including phenoxy) is 1. The molecule has 0 saturated carbocycles. The number of halogens is 1. The lowest BCUT2D eigenvalue weighted by atomic mass is 9.77. The zero-order chi connectivity index (χ0) is 16.8. The highest BCUT2D eigenvalue weighted by Crippen LogP contribution is 2.30. The van der Waals surface area contributed by atoms with Gasteiger partial charge in [-0.1, -0.05) is 67.0 Å². The fraction of sp³-hybridized carbons (Fsp3) is 0.500. The van der Waals surface area contributed by atoms with Crippen molar-refractivity contribution >= 4 is 28.0 Å². The third-order valence-electron chi connectivity index (χ3n) is 3.43. The molecule has 0 saturated heterocycles. The number of carboxylic acids is 1. The number of amides is 1. The van der Waals surface area contributed by atoms with E-state index in [4.69, 9.17) is 4.74 Å². The quantitative estimate of drug-likeness (QED) is 0.751. The number of rotatable bonds is 6. The van der Waals surface area contributed by atoms with Crippen molar-refractivity contribution < 1.29 is 19.4 Å². The van der Waals surface area contributed by atoms with Crippen molar-refractivity contribution in [1.82, 2.24) is 5.32 Å². The van der Waals surface area contributed by atoms with Gasteiger partial charge in [0.25, 0.3) is 0 Å². The highest BCUT2D eigenvalue weighted by Gasteiger charge is 2.37. The summed E-state index contributed by atoms with van der Waals surface area (Å²) in [6, 6.07) is 8.21. The molecule has 0 radical (unpaired) electrons. The lowest BCUT2D eigenvalue weighted by molar-refractivity contribution is -0.141. The van der Waals surface area contributed by atoms with Gasteiger partial charge in [0.1, 0.15) is 12.6 Å². The molecule has 1 unspecified atom stereocenters. The summed E-state index contributed by atoms with van der Waals surface area (Å²) in [4.78, 5) is 23.3. The number of hydrogen-bond acceptors (Lipinski definition) is 3. The molecule has 1 rings (SSSR count). The Balaban J connectivity index is 2.66. The molecule has 1 amide bonds. The maximum atomic E-state index is 11.9. The van der Waals surface area contributed by atoms with E-state index in [9.17, 15) is 14.7 Å². The first-order chi connectivity index (χ1) is 10.3. The minimum atomic E-state index is -1.07. The second-order valence-corrected chi connectivity index (χ2v) is 6.80. The average molecular weight is 372 g/mol. The van der Waals surface area contributed by atoms with Gasteiger partial charge in [-0.25, -0.2) is 9.59 Å². The first-order valence-electron chi connectivity index (χ1n) is 7.01. The molecule has 0 spiro atoms. The maximum Gasteiger partial charge on any atom is 0.408 e. The number of carboxylic acid groups (broad SMARTS) is 1. The van der Waals surface area contributed by atoms with Crippen LogP contribution in [0.2, 0.25) is 0 Å². The zero-order valence-corrected chi connectivity index (χ0v) is 14.6. The molecule has 0 aromatic heterocycles. The van der Waals surface area contributed by atoms with Crippen LogP contribution in [0.3, 0.4) is 0 Å². The number of nitrogens with one attached hydrogen (secondary N) is 1. The lowest BCUT2D eigenvalue weighted by Crippen LogP contribution is -2.50. The van der Waals surface area contributed by atoms with E-state index in [2.05, 4.69) is 21.2 Å². The Labute approximate surface area is 139 Å². The number of aliphatic carboxylic acids is 1. The molecule has 2 N–H and O–H groups in total. The van der Waals surface area contributed by atoms with Crippen LogP contribution in [0.4, 0.5) is 4.79 Å². The van der Waals surface area contributed by atoms with Crippen LogP contribution in [-0.2, 0) is 16.1 Å². The molecule has 22 heavy (non-hydrogen) atoms. The molecule has 2 atom stereocenters. The van der Waals surface area contributed by atoms with Gasteiger partial charge in [-0.3, -0.25) is 0 Å². The second kappa shape index (κ2) is 8.17. The Kier molecular flexibility index (Phi) is 6.87. The van der Waals surface area contributed by atoms with Crippen molar-refractivity contribution in [2.24, 2.45) is 11.3 Å². The number of carbonyl (C=O) groups is 2. The number of alkyl carbamates (subject to hydrolysis) is 1. The van der Waals surface area contributed by atoms with Gasteiger partial charge in [-0.05, 0) is 11.0 Å². The monoisotopic (exact) mass is 371 g/mol. The largest absolute Gasteiger partial charge is 0.480 e. The Hall–Kier alpha value is -1.56. The van der Waals surface area contributed by atoms with E-state index in [0.29, 0.717) is 5.33 Å². The van der Waals surface area contributed by atoms with Gasteiger partial charge in [0.05, 0.1) is 0 Å². The Morgan fingerprint density at radius 2 is 1.86 bits per heavy atom. The fourth-order valence-corrected chi connectivity index (χ4v) is 3.39. The summed E-state index contributed by atoms with van der Waals surface area (Å²) >= 11 is 3.33. The molecule has 5 nitrogen and oxygen atoms in total. The highest BCUT2D eigenvalue weighted by molar-refractivity contribution is 9.09. The van der Waals surface area contributed by atoms with Crippen molar-refractivity contribution in [2.75, 3.05) is 5.33 Å². The van der Waals surface area contributed by atoms with Gasteiger partial charge in [-0.15, -0.1) is 0 Å². The van der Waals surface area contributed by atoms with Crippen molar-refractivity contribution in [3.8, 4) is 0 Å². The van der Waals surface area contributed by atoms with Crippen LogP contribution in [0.25, 0.3) is 0 Å². The molecule has 0 heterocycles. The summed E-state index contributed by atoms with van der Waals surface area (Å²) in [6.07, 6.45) is -0.730. The van der Waals surface area contributed by atoms with Crippen LogP contribution in [0, 0.1) is 11.3 Å². The van der Waals surface area contributed by atoms with Crippen LogP contribution >= 0.6 is 15.9 Å². The minimum Gasteiger partial charge on any atom is -0.480 e. The van der Waals surface area contributed by atoms with E-state index in [1.165, 1.54) is 0 Å². The molecule has 0 bridgehead atoms.